The summed E-state index contributed by atoms with van der Waals surface area (Å²) in [5.41, 5.74) is 7.13. The van der Waals surface area contributed by atoms with Gasteiger partial charge < -0.3 is 10.6 Å². The third-order valence-corrected chi connectivity index (χ3v) is 3.26. The molecule has 1 fully saturated rings. The molecule has 1 aromatic heterocycles. The molecular formula is C13H20N4O. The second kappa shape index (κ2) is 5.93. The average Bonchev–Trinajstić information content (AvgIpc) is 2.40. The number of piperazine rings is 1. The van der Waals surface area contributed by atoms with E-state index in [1.54, 1.807) is 6.20 Å². The Kier molecular flexibility index (Phi) is 4.28. The summed E-state index contributed by atoms with van der Waals surface area (Å²) in [6.07, 6.45) is 1.66. The number of aromatic nitrogens is 1. The highest BCUT2D eigenvalue weighted by atomic mass is 16.2. The summed E-state index contributed by atoms with van der Waals surface area (Å²) >= 11 is 0. The van der Waals surface area contributed by atoms with Gasteiger partial charge in [0.15, 0.2) is 0 Å². The maximum atomic E-state index is 12.2. The van der Waals surface area contributed by atoms with E-state index in [1.165, 1.54) is 0 Å². The van der Waals surface area contributed by atoms with Crippen LogP contribution in [0.15, 0.2) is 18.3 Å². The molecule has 0 atom stereocenters. The fourth-order valence-corrected chi connectivity index (χ4v) is 2.13. The second-order valence-electron chi connectivity index (χ2n) is 4.61. The molecule has 0 saturated carbocycles. The fraction of sp³-hybridized carbons (Fsp3) is 0.538. The van der Waals surface area contributed by atoms with Crippen LogP contribution in [-0.4, -0.2) is 60.0 Å². The summed E-state index contributed by atoms with van der Waals surface area (Å²) in [7, 11) is 0. The molecule has 5 heteroatoms. The van der Waals surface area contributed by atoms with Crippen molar-refractivity contribution in [1.82, 2.24) is 14.8 Å². The van der Waals surface area contributed by atoms with Crippen LogP contribution in [0.25, 0.3) is 0 Å². The molecule has 0 unspecified atom stereocenters. The molecule has 2 heterocycles. The van der Waals surface area contributed by atoms with E-state index < -0.39 is 0 Å². The third kappa shape index (κ3) is 3.05. The Bertz CT molecular complexity index is 396. The summed E-state index contributed by atoms with van der Waals surface area (Å²) in [6, 6.07) is 3.72. The molecule has 98 valence electrons. The summed E-state index contributed by atoms with van der Waals surface area (Å²) < 4.78 is 0. The first-order valence-corrected chi connectivity index (χ1v) is 6.35. The van der Waals surface area contributed by atoms with Crippen LogP contribution in [0.3, 0.4) is 0 Å². The minimum absolute atomic E-state index is 0.0786. The van der Waals surface area contributed by atoms with Crippen LogP contribution in [0.5, 0.6) is 0 Å². The Morgan fingerprint density at radius 1 is 1.33 bits per heavy atom. The lowest BCUT2D eigenvalue weighted by Gasteiger charge is -2.34. The number of carbonyl (C=O) groups is 1. The maximum Gasteiger partial charge on any atom is 0.255 e. The number of aryl methyl sites for hydroxylation is 1. The normalized spacial score (nSPS) is 16.9. The van der Waals surface area contributed by atoms with E-state index in [9.17, 15) is 4.79 Å². The van der Waals surface area contributed by atoms with E-state index in [1.807, 2.05) is 24.0 Å². The number of hydrogen-bond acceptors (Lipinski definition) is 4. The molecule has 0 radical (unpaired) electrons. The van der Waals surface area contributed by atoms with Gasteiger partial charge >= 0.3 is 0 Å². The minimum Gasteiger partial charge on any atom is -0.336 e. The van der Waals surface area contributed by atoms with Gasteiger partial charge in [0, 0.05) is 51.2 Å². The van der Waals surface area contributed by atoms with Gasteiger partial charge in [-0.05, 0) is 19.1 Å². The van der Waals surface area contributed by atoms with Gasteiger partial charge in [0.05, 0.1) is 5.56 Å². The van der Waals surface area contributed by atoms with E-state index in [0.29, 0.717) is 12.1 Å². The van der Waals surface area contributed by atoms with E-state index in [4.69, 9.17) is 5.73 Å². The number of carbonyl (C=O) groups excluding carboxylic acids is 1. The first kappa shape index (κ1) is 13.0. The van der Waals surface area contributed by atoms with Crippen LogP contribution in [0.4, 0.5) is 0 Å². The van der Waals surface area contributed by atoms with Crippen molar-refractivity contribution in [3.05, 3.63) is 29.6 Å². The zero-order valence-corrected chi connectivity index (χ0v) is 10.8. The first-order valence-electron chi connectivity index (χ1n) is 6.35. The standard InChI is InChI=1S/C13H20N4O/c1-11-2-3-12(10-15-11)13(18)17-8-6-16(5-4-14)7-9-17/h2-3,10H,4-9,14H2,1H3. The van der Waals surface area contributed by atoms with Gasteiger partial charge in [-0.3, -0.25) is 14.7 Å². The number of rotatable bonds is 3. The van der Waals surface area contributed by atoms with E-state index in [2.05, 4.69) is 9.88 Å². The summed E-state index contributed by atoms with van der Waals surface area (Å²) in [6.45, 7) is 6.85. The number of amides is 1. The molecule has 1 aliphatic rings. The van der Waals surface area contributed by atoms with Gasteiger partial charge in [0.2, 0.25) is 0 Å². The number of hydrogen-bond donors (Lipinski definition) is 1. The highest BCUT2D eigenvalue weighted by molar-refractivity contribution is 5.94. The quantitative estimate of drug-likeness (QED) is 0.824. The molecule has 0 bridgehead atoms. The van der Waals surface area contributed by atoms with Crippen molar-refractivity contribution in [2.75, 3.05) is 39.3 Å². The number of pyridine rings is 1. The average molecular weight is 248 g/mol. The van der Waals surface area contributed by atoms with Crippen LogP contribution in [0.2, 0.25) is 0 Å². The predicted molar refractivity (Wildman–Crippen MR) is 70.4 cm³/mol. The van der Waals surface area contributed by atoms with Gasteiger partial charge in [0.25, 0.3) is 5.91 Å². The lowest BCUT2D eigenvalue weighted by atomic mass is 10.2. The maximum absolute atomic E-state index is 12.2. The zero-order chi connectivity index (χ0) is 13.0. The smallest absolute Gasteiger partial charge is 0.255 e. The molecule has 2 N–H and O–H groups in total. The Balaban J connectivity index is 1.93. The van der Waals surface area contributed by atoms with Crippen molar-refractivity contribution in [3.63, 3.8) is 0 Å². The molecule has 0 aliphatic carbocycles. The highest BCUT2D eigenvalue weighted by Crippen LogP contribution is 2.08. The SMILES string of the molecule is Cc1ccc(C(=O)N2CCN(CCN)CC2)cn1. The molecule has 5 nitrogen and oxygen atoms in total. The van der Waals surface area contributed by atoms with Crippen molar-refractivity contribution >= 4 is 5.91 Å². The van der Waals surface area contributed by atoms with Crippen molar-refractivity contribution in [2.45, 2.75) is 6.92 Å². The first-order chi connectivity index (χ1) is 8.70. The van der Waals surface area contributed by atoms with Gasteiger partial charge in [-0.1, -0.05) is 0 Å². The van der Waals surface area contributed by atoms with E-state index in [0.717, 1.165) is 38.4 Å². The Morgan fingerprint density at radius 2 is 2.06 bits per heavy atom. The molecular weight excluding hydrogens is 228 g/mol. The molecule has 0 spiro atoms. The lowest BCUT2D eigenvalue weighted by Crippen LogP contribution is -2.49. The van der Waals surface area contributed by atoms with Crippen molar-refractivity contribution in [3.8, 4) is 0 Å². The summed E-state index contributed by atoms with van der Waals surface area (Å²) in [5.74, 6) is 0.0786. The summed E-state index contributed by atoms with van der Waals surface area (Å²) in [4.78, 5) is 20.6. The Morgan fingerprint density at radius 3 is 2.61 bits per heavy atom. The van der Waals surface area contributed by atoms with Gasteiger partial charge in [-0.25, -0.2) is 0 Å². The molecule has 0 aromatic carbocycles. The Labute approximate surface area is 108 Å². The van der Waals surface area contributed by atoms with Crippen molar-refractivity contribution < 1.29 is 4.79 Å². The second-order valence-corrected chi connectivity index (χ2v) is 4.61. The van der Waals surface area contributed by atoms with Crippen LogP contribution in [0.1, 0.15) is 16.1 Å². The van der Waals surface area contributed by atoms with Crippen molar-refractivity contribution in [2.24, 2.45) is 5.73 Å². The third-order valence-electron chi connectivity index (χ3n) is 3.26. The fourth-order valence-electron chi connectivity index (χ4n) is 2.13. The van der Waals surface area contributed by atoms with Gasteiger partial charge in [0.1, 0.15) is 0 Å². The Hall–Kier alpha value is -1.46. The van der Waals surface area contributed by atoms with Crippen LogP contribution >= 0.6 is 0 Å². The molecule has 1 aromatic rings. The monoisotopic (exact) mass is 248 g/mol. The molecule has 1 saturated heterocycles. The lowest BCUT2D eigenvalue weighted by molar-refractivity contribution is 0.0640. The molecule has 2 rings (SSSR count). The van der Waals surface area contributed by atoms with Crippen LogP contribution < -0.4 is 5.73 Å². The highest BCUT2D eigenvalue weighted by Gasteiger charge is 2.21. The zero-order valence-electron chi connectivity index (χ0n) is 10.8. The van der Waals surface area contributed by atoms with E-state index >= 15 is 0 Å². The van der Waals surface area contributed by atoms with E-state index in [-0.39, 0.29) is 5.91 Å². The topological polar surface area (TPSA) is 62.5 Å². The number of nitrogens with two attached hydrogens (primary N) is 1. The number of nitrogens with zero attached hydrogens (tertiary/aromatic N) is 3. The summed E-state index contributed by atoms with van der Waals surface area (Å²) in [5, 5.41) is 0. The largest absolute Gasteiger partial charge is 0.336 e. The van der Waals surface area contributed by atoms with Gasteiger partial charge in [-0.2, -0.15) is 0 Å². The van der Waals surface area contributed by atoms with Crippen molar-refractivity contribution in [1.29, 1.82) is 0 Å². The molecule has 1 amide bonds. The van der Waals surface area contributed by atoms with Crippen LogP contribution in [-0.2, 0) is 0 Å². The van der Waals surface area contributed by atoms with Gasteiger partial charge in [-0.15, -0.1) is 0 Å². The van der Waals surface area contributed by atoms with Crippen LogP contribution in [0, 0.1) is 6.92 Å². The minimum atomic E-state index is 0.0786. The predicted octanol–water partition coefficient (Wildman–Crippen LogP) is 0.107. The molecule has 18 heavy (non-hydrogen) atoms. The molecule has 1 aliphatic heterocycles.